The predicted octanol–water partition coefficient (Wildman–Crippen LogP) is 0.705. The molecule has 27 heavy (non-hydrogen) atoms. The van der Waals surface area contributed by atoms with E-state index in [1.54, 1.807) is 18.2 Å². The molecule has 3 aliphatic rings. The van der Waals surface area contributed by atoms with Gasteiger partial charge in [0.25, 0.3) is 5.91 Å². The van der Waals surface area contributed by atoms with Crippen LogP contribution in [0.5, 0.6) is 0 Å². The lowest BCUT2D eigenvalue weighted by Crippen LogP contribution is -2.44. The quantitative estimate of drug-likeness (QED) is 0.757. The highest BCUT2D eigenvalue weighted by Crippen LogP contribution is 2.37. The van der Waals surface area contributed by atoms with Crippen molar-refractivity contribution in [2.24, 2.45) is 0 Å². The minimum atomic E-state index is -1.09. The number of benzene rings is 1. The molecular formula is C18H20N4O5. The van der Waals surface area contributed by atoms with E-state index in [9.17, 15) is 19.2 Å². The van der Waals surface area contributed by atoms with Gasteiger partial charge in [-0.2, -0.15) is 0 Å². The maximum atomic E-state index is 12.4. The number of imide groups is 1. The van der Waals surface area contributed by atoms with Crippen molar-refractivity contribution in [1.82, 2.24) is 10.2 Å². The van der Waals surface area contributed by atoms with Crippen LogP contribution in [0.4, 0.5) is 16.2 Å². The molecule has 0 saturated carbocycles. The molecule has 4 rings (SSSR count). The number of hydrogen-bond acceptors (Lipinski definition) is 6. The maximum absolute atomic E-state index is 12.4. The molecule has 0 aromatic heterocycles. The number of carbonyl (C=O) groups excluding carboxylic acids is 4. The Kier molecular flexibility index (Phi) is 4.21. The first-order valence-electron chi connectivity index (χ1n) is 8.97. The van der Waals surface area contributed by atoms with Crippen LogP contribution in [0.15, 0.2) is 18.2 Å². The predicted molar refractivity (Wildman–Crippen MR) is 95.4 cm³/mol. The number of hydrogen-bond donors (Lipinski definition) is 2. The summed E-state index contributed by atoms with van der Waals surface area (Å²) in [7, 11) is 0. The fourth-order valence-electron chi connectivity index (χ4n) is 3.74. The van der Waals surface area contributed by atoms with Crippen molar-refractivity contribution in [3.05, 3.63) is 23.8 Å². The van der Waals surface area contributed by atoms with Gasteiger partial charge in [-0.1, -0.05) is 0 Å². The van der Waals surface area contributed by atoms with Gasteiger partial charge in [-0.05, 0) is 38.0 Å². The Balaban J connectivity index is 1.48. The average molecular weight is 372 g/mol. The molecule has 4 amide bonds. The third-order valence-electron chi connectivity index (χ3n) is 5.11. The van der Waals surface area contributed by atoms with Crippen LogP contribution in [0, 0.1) is 0 Å². The number of anilines is 2. The van der Waals surface area contributed by atoms with E-state index in [1.165, 1.54) is 6.92 Å². The van der Waals surface area contributed by atoms with Gasteiger partial charge in [-0.25, -0.2) is 9.59 Å². The average Bonchev–Trinajstić information content (AvgIpc) is 3.30. The fraction of sp³-hybridized carbons (Fsp3) is 0.444. The van der Waals surface area contributed by atoms with Crippen LogP contribution in [0.3, 0.4) is 0 Å². The number of carbonyl (C=O) groups is 4. The molecule has 0 unspecified atom stereocenters. The van der Waals surface area contributed by atoms with Crippen molar-refractivity contribution < 1.29 is 23.9 Å². The van der Waals surface area contributed by atoms with E-state index < -0.39 is 24.0 Å². The van der Waals surface area contributed by atoms with Gasteiger partial charge >= 0.3 is 12.0 Å². The Morgan fingerprint density at radius 2 is 2.07 bits per heavy atom. The van der Waals surface area contributed by atoms with E-state index in [2.05, 4.69) is 10.6 Å². The normalized spacial score (nSPS) is 21.9. The monoisotopic (exact) mass is 372 g/mol. The summed E-state index contributed by atoms with van der Waals surface area (Å²) < 4.78 is 5.23. The lowest BCUT2D eigenvalue weighted by atomic mass is 10.1. The molecule has 2 fully saturated rings. The van der Waals surface area contributed by atoms with Gasteiger partial charge in [-0.15, -0.1) is 0 Å². The summed E-state index contributed by atoms with van der Waals surface area (Å²) in [5.74, 6) is -1.32. The molecule has 0 radical (unpaired) electrons. The van der Waals surface area contributed by atoms with Crippen LogP contribution in [-0.2, 0) is 14.3 Å². The highest BCUT2D eigenvalue weighted by molar-refractivity contribution is 6.06. The smallest absolute Gasteiger partial charge is 0.338 e. The summed E-state index contributed by atoms with van der Waals surface area (Å²) in [5, 5.41) is 5.36. The molecule has 2 N–H and O–H groups in total. The van der Waals surface area contributed by atoms with E-state index in [-0.39, 0.29) is 24.1 Å². The van der Waals surface area contributed by atoms with Crippen molar-refractivity contribution in [2.75, 3.05) is 29.9 Å². The standard InChI is InChI=1S/C18H20N4O5/c1-10(16(24)22-8-6-19-18(22)26)27-17(25)11-4-5-13-12(9-11)20-15(23)14-3-2-7-21(13)14/h4-5,9-10,14H,2-3,6-8H2,1H3,(H,19,26)(H,20,23)/t10-,14+/m0/s1. The topological polar surface area (TPSA) is 108 Å². The molecule has 1 aromatic carbocycles. The Bertz CT molecular complexity index is 839. The van der Waals surface area contributed by atoms with Crippen LogP contribution >= 0.6 is 0 Å². The Morgan fingerprint density at radius 1 is 1.26 bits per heavy atom. The van der Waals surface area contributed by atoms with Crippen LogP contribution in [0.2, 0.25) is 0 Å². The van der Waals surface area contributed by atoms with E-state index in [4.69, 9.17) is 4.74 Å². The number of rotatable bonds is 3. The summed E-state index contributed by atoms with van der Waals surface area (Å²) in [6, 6.07) is 4.32. The lowest BCUT2D eigenvalue weighted by molar-refractivity contribution is -0.136. The lowest BCUT2D eigenvalue weighted by Gasteiger charge is -2.33. The third-order valence-corrected chi connectivity index (χ3v) is 5.11. The van der Waals surface area contributed by atoms with Crippen LogP contribution in [0.1, 0.15) is 30.1 Å². The second kappa shape index (κ2) is 6.57. The van der Waals surface area contributed by atoms with Gasteiger partial charge in [0.05, 0.1) is 16.9 Å². The Morgan fingerprint density at radius 3 is 2.81 bits per heavy atom. The maximum Gasteiger partial charge on any atom is 0.338 e. The first-order valence-corrected chi connectivity index (χ1v) is 8.97. The summed E-state index contributed by atoms with van der Waals surface area (Å²) in [4.78, 5) is 51.5. The molecule has 1 aromatic rings. The molecule has 2 saturated heterocycles. The molecule has 0 bridgehead atoms. The Labute approximate surface area is 155 Å². The SMILES string of the molecule is C[C@H](OC(=O)c1ccc2c(c1)NC(=O)[C@H]1CCCN21)C(=O)N1CCNC1=O. The van der Waals surface area contributed by atoms with Crippen molar-refractivity contribution in [1.29, 1.82) is 0 Å². The third kappa shape index (κ3) is 2.98. The molecule has 3 aliphatic heterocycles. The zero-order valence-corrected chi connectivity index (χ0v) is 14.9. The van der Waals surface area contributed by atoms with Gasteiger partial charge in [0.1, 0.15) is 6.04 Å². The van der Waals surface area contributed by atoms with Gasteiger partial charge in [0, 0.05) is 19.6 Å². The number of fused-ring (bicyclic) bond motifs is 3. The van der Waals surface area contributed by atoms with Gasteiger partial charge in [0.15, 0.2) is 6.10 Å². The van der Waals surface area contributed by atoms with E-state index in [1.807, 2.05) is 4.90 Å². The van der Waals surface area contributed by atoms with E-state index in [0.29, 0.717) is 12.2 Å². The summed E-state index contributed by atoms with van der Waals surface area (Å²) in [6.07, 6.45) is 0.680. The summed E-state index contributed by atoms with van der Waals surface area (Å²) in [5.41, 5.74) is 1.68. The number of urea groups is 1. The molecule has 0 spiro atoms. The van der Waals surface area contributed by atoms with Crippen molar-refractivity contribution >= 4 is 35.2 Å². The second-order valence-corrected chi connectivity index (χ2v) is 6.84. The molecule has 9 nitrogen and oxygen atoms in total. The largest absolute Gasteiger partial charge is 0.449 e. The molecule has 142 valence electrons. The minimum Gasteiger partial charge on any atom is -0.449 e. The van der Waals surface area contributed by atoms with Crippen molar-refractivity contribution in [3.63, 3.8) is 0 Å². The van der Waals surface area contributed by atoms with Crippen LogP contribution in [-0.4, -0.2) is 60.5 Å². The fourth-order valence-corrected chi connectivity index (χ4v) is 3.74. The van der Waals surface area contributed by atoms with Crippen molar-refractivity contribution in [2.45, 2.75) is 31.9 Å². The van der Waals surface area contributed by atoms with Gasteiger partial charge in [-0.3, -0.25) is 14.5 Å². The van der Waals surface area contributed by atoms with Crippen LogP contribution in [0.25, 0.3) is 0 Å². The Hall–Kier alpha value is -3.10. The number of nitrogens with zero attached hydrogens (tertiary/aromatic N) is 2. The number of esters is 1. The molecule has 9 heteroatoms. The molecule has 0 aliphatic carbocycles. The van der Waals surface area contributed by atoms with E-state index >= 15 is 0 Å². The van der Waals surface area contributed by atoms with E-state index in [0.717, 1.165) is 30.0 Å². The minimum absolute atomic E-state index is 0.0749. The number of nitrogens with one attached hydrogen (secondary N) is 2. The van der Waals surface area contributed by atoms with Crippen LogP contribution < -0.4 is 15.5 Å². The highest BCUT2D eigenvalue weighted by Gasteiger charge is 2.37. The summed E-state index contributed by atoms with van der Waals surface area (Å²) in [6.45, 7) is 2.87. The second-order valence-electron chi connectivity index (χ2n) is 6.84. The zero-order chi connectivity index (χ0) is 19.1. The summed E-state index contributed by atoms with van der Waals surface area (Å²) >= 11 is 0. The molecular weight excluding hydrogens is 352 g/mol. The first kappa shape index (κ1) is 17.3. The molecule has 3 heterocycles. The first-order chi connectivity index (χ1) is 13.0. The highest BCUT2D eigenvalue weighted by atomic mass is 16.5. The number of ether oxygens (including phenoxy) is 1. The van der Waals surface area contributed by atoms with Gasteiger partial charge < -0.3 is 20.3 Å². The molecule has 2 atom stereocenters. The zero-order valence-electron chi connectivity index (χ0n) is 14.9. The van der Waals surface area contributed by atoms with Crippen molar-refractivity contribution in [3.8, 4) is 0 Å². The number of amides is 4. The van der Waals surface area contributed by atoms with Gasteiger partial charge in [0.2, 0.25) is 5.91 Å².